The van der Waals surface area contributed by atoms with Gasteiger partial charge in [-0.2, -0.15) is 0 Å². The van der Waals surface area contributed by atoms with Crippen LogP contribution in [-0.2, 0) is 4.79 Å². The summed E-state index contributed by atoms with van der Waals surface area (Å²) in [7, 11) is 0. The highest BCUT2D eigenvalue weighted by Gasteiger charge is 2.23. The molecule has 19 heavy (non-hydrogen) atoms. The monoisotopic (exact) mass is 268 g/mol. The molecule has 3 heteroatoms. The molecular weight excluding hydrogens is 236 g/mol. The van der Waals surface area contributed by atoms with E-state index in [-0.39, 0.29) is 11.9 Å². The van der Waals surface area contributed by atoms with Crippen molar-refractivity contribution in [3.63, 3.8) is 0 Å². The Balaban J connectivity index is 2.24. The van der Waals surface area contributed by atoms with Crippen LogP contribution in [0.2, 0.25) is 0 Å². The van der Waals surface area contributed by atoms with Crippen LogP contribution >= 0.6 is 0 Å². The van der Waals surface area contributed by atoms with Crippen LogP contribution in [0.3, 0.4) is 0 Å². The van der Waals surface area contributed by atoms with Crippen LogP contribution in [0.15, 0.2) is 0 Å². The predicted octanol–water partition coefficient (Wildman–Crippen LogP) is 3.10. The number of carbonyl (C=O) groups is 1. The average Bonchev–Trinajstić information content (AvgIpc) is 2.39. The van der Waals surface area contributed by atoms with Crippen molar-refractivity contribution in [2.24, 2.45) is 11.8 Å². The standard InChI is InChI=1S/C16H32N2O/c1-12(2)10-11-17-16(19)14(4)18-13(3)15-8-6-5-7-9-15/h12-15,18H,5-11H2,1-4H3,(H,17,19). The quantitative estimate of drug-likeness (QED) is 0.745. The van der Waals surface area contributed by atoms with Gasteiger partial charge in [0.1, 0.15) is 0 Å². The Labute approximate surface area is 118 Å². The fourth-order valence-electron chi connectivity index (χ4n) is 2.88. The van der Waals surface area contributed by atoms with Gasteiger partial charge in [0.15, 0.2) is 0 Å². The van der Waals surface area contributed by atoms with Crippen LogP contribution < -0.4 is 10.6 Å². The van der Waals surface area contributed by atoms with Gasteiger partial charge in [-0.1, -0.05) is 33.1 Å². The van der Waals surface area contributed by atoms with E-state index in [1.807, 2.05) is 6.92 Å². The van der Waals surface area contributed by atoms with Gasteiger partial charge in [0.2, 0.25) is 5.91 Å². The van der Waals surface area contributed by atoms with Crippen molar-refractivity contribution >= 4 is 5.91 Å². The summed E-state index contributed by atoms with van der Waals surface area (Å²) in [5, 5.41) is 6.50. The van der Waals surface area contributed by atoms with E-state index >= 15 is 0 Å². The van der Waals surface area contributed by atoms with E-state index in [2.05, 4.69) is 31.4 Å². The summed E-state index contributed by atoms with van der Waals surface area (Å²) >= 11 is 0. The van der Waals surface area contributed by atoms with Crippen molar-refractivity contribution < 1.29 is 4.79 Å². The minimum Gasteiger partial charge on any atom is -0.355 e. The molecule has 0 aromatic carbocycles. The Morgan fingerprint density at radius 2 is 1.74 bits per heavy atom. The zero-order valence-corrected chi connectivity index (χ0v) is 13.2. The molecule has 0 aliphatic heterocycles. The topological polar surface area (TPSA) is 41.1 Å². The molecule has 0 heterocycles. The molecule has 2 unspecified atom stereocenters. The molecule has 1 aliphatic rings. The van der Waals surface area contributed by atoms with E-state index in [9.17, 15) is 4.79 Å². The summed E-state index contributed by atoms with van der Waals surface area (Å²) in [6.45, 7) is 9.36. The van der Waals surface area contributed by atoms with Crippen molar-refractivity contribution in [2.45, 2.75) is 78.3 Å². The van der Waals surface area contributed by atoms with E-state index < -0.39 is 0 Å². The minimum atomic E-state index is -0.0795. The molecular formula is C16H32N2O. The molecule has 1 rings (SSSR count). The lowest BCUT2D eigenvalue weighted by Crippen LogP contribution is -2.48. The molecule has 0 aromatic heterocycles. The molecule has 0 spiro atoms. The average molecular weight is 268 g/mol. The largest absolute Gasteiger partial charge is 0.355 e. The van der Waals surface area contributed by atoms with Crippen molar-refractivity contribution in [1.29, 1.82) is 0 Å². The van der Waals surface area contributed by atoms with Crippen LogP contribution in [-0.4, -0.2) is 24.5 Å². The van der Waals surface area contributed by atoms with Gasteiger partial charge in [-0.05, 0) is 44.9 Å². The van der Waals surface area contributed by atoms with Crippen molar-refractivity contribution in [1.82, 2.24) is 10.6 Å². The normalized spacial score (nSPS) is 20.3. The fourth-order valence-corrected chi connectivity index (χ4v) is 2.88. The molecule has 3 nitrogen and oxygen atoms in total. The van der Waals surface area contributed by atoms with Crippen molar-refractivity contribution in [3.05, 3.63) is 0 Å². The molecule has 112 valence electrons. The molecule has 2 atom stereocenters. The summed E-state index contributed by atoms with van der Waals surface area (Å²) in [6, 6.07) is 0.371. The maximum atomic E-state index is 12.0. The first-order valence-electron chi connectivity index (χ1n) is 8.04. The second-order valence-electron chi connectivity index (χ2n) is 6.55. The van der Waals surface area contributed by atoms with Gasteiger partial charge in [-0.3, -0.25) is 4.79 Å². The zero-order chi connectivity index (χ0) is 14.3. The lowest BCUT2D eigenvalue weighted by Gasteiger charge is -2.30. The first-order chi connectivity index (χ1) is 9.00. The number of rotatable bonds is 7. The van der Waals surface area contributed by atoms with Gasteiger partial charge in [0, 0.05) is 12.6 Å². The Kier molecular flexibility index (Phi) is 7.44. The van der Waals surface area contributed by atoms with Gasteiger partial charge in [0.25, 0.3) is 0 Å². The molecule has 1 saturated carbocycles. The van der Waals surface area contributed by atoms with Crippen LogP contribution in [0, 0.1) is 11.8 Å². The summed E-state index contributed by atoms with van der Waals surface area (Å²) in [5.74, 6) is 1.53. The maximum Gasteiger partial charge on any atom is 0.236 e. The van der Waals surface area contributed by atoms with Crippen LogP contribution in [0.5, 0.6) is 0 Å². The molecule has 2 N–H and O–H groups in total. The smallest absolute Gasteiger partial charge is 0.236 e. The summed E-state index contributed by atoms with van der Waals surface area (Å²) in [5.41, 5.74) is 0. The Morgan fingerprint density at radius 3 is 2.32 bits per heavy atom. The third-order valence-corrected chi connectivity index (χ3v) is 4.28. The van der Waals surface area contributed by atoms with Gasteiger partial charge >= 0.3 is 0 Å². The third kappa shape index (κ3) is 6.42. The summed E-state index contributed by atoms with van der Waals surface area (Å²) < 4.78 is 0. The molecule has 0 aromatic rings. The molecule has 0 radical (unpaired) electrons. The summed E-state index contributed by atoms with van der Waals surface area (Å²) in [6.07, 6.45) is 7.77. The lowest BCUT2D eigenvalue weighted by atomic mass is 9.84. The number of hydrogen-bond donors (Lipinski definition) is 2. The maximum absolute atomic E-state index is 12.0. The Bertz CT molecular complexity index is 259. The number of hydrogen-bond acceptors (Lipinski definition) is 2. The minimum absolute atomic E-state index is 0.0795. The second kappa shape index (κ2) is 8.57. The van der Waals surface area contributed by atoms with E-state index in [1.165, 1.54) is 32.1 Å². The highest BCUT2D eigenvalue weighted by atomic mass is 16.2. The third-order valence-electron chi connectivity index (χ3n) is 4.28. The van der Waals surface area contributed by atoms with E-state index in [0.717, 1.165) is 18.9 Å². The number of nitrogens with one attached hydrogen (secondary N) is 2. The van der Waals surface area contributed by atoms with Gasteiger partial charge in [0.05, 0.1) is 6.04 Å². The van der Waals surface area contributed by atoms with Gasteiger partial charge < -0.3 is 10.6 Å². The molecule has 1 aliphatic carbocycles. The van der Waals surface area contributed by atoms with Gasteiger partial charge in [-0.15, -0.1) is 0 Å². The number of amides is 1. The lowest BCUT2D eigenvalue weighted by molar-refractivity contribution is -0.123. The first kappa shape index (κ1) is 16.5. The van der Waals surface area contributed by atoms with Crippen LogP contribution in [0.1, 0.15) is 66.2 Å². The van der Waals surface area contributed by atoms with E-state index in [0.29, 0.717) is 12.0 Å². The summed E-state index contributed by atoms with van der Waals surface area (Å²) in [4.78, 5) is 12.0. The molecule has 0 bridgehead atoms. The number of carbonyl (C=O) groups excluding carboxylic acids is 1. The van der Waals surface area contributed by atoms with E-state index in [4.69, 9.17) is 0 Å². The highest BCUT2D eigenvalue weighted by Crippen LogP contribution is 2.26. The molecule has 0 saturated heterocycles. The predicted molar refractivity (Wildman–Crippen MR) is 81.1 cm³/mol. The van der Waals surface area contributed by atoms with Crippen LogP contribution in [0.4, 0.5) is 0 Å². The van der Waals surface area contributed by atoms with Crippen LogP contribution in [0.25, 0.3) is 0 Å². The zero-order valence-electron chi connectivity index (χ0n) is 13.2. The highest BCUT2D eigenvalue weighted by molar-refractivity contribution is 5.81. The van der Waals surface area contributed by atoms with E-state index in [1.54, 1.807) is 0 Å². The molecule has 1 fully saturated rings. The Morgan fingerprint density at radius 1 is 1.11 bits per heavy atom. The SMILES string of the molecule is CC(C)CCNC(=O)C(C)NC(C)C1CCCCC1. The first-order valence-corrected chi connectivity index (χ1v) is 8.04. The van der Waals surface area contributed by atoms with Gasteiger partial charge in [-0.25, -0.2) is 0 Å². The van der Waals surface area contributed by atoms with Crippen molar-refractivity contribution in [3.8, 4) is 0 Å². The fraction of sp³-hybridized carbons (Fsp3) is 0.938. The molecule has 1 amide bonds. The van der Waals surface area contributed by atoms with Crippen molar-refractivity contribution in [2.75, 3.05) is 6.54 Å². The Hall–Kier alpha value is -0.570. The second-order valence-corrected chi connectivity index (χ2v) is 6.55.